The van der Waals surface area contributed by atoms with Gasteiger partial charge in [0.25, 0.3) is 0 Å². The lowest BCUT2D eigenvalue weighted by Crippen LogP contribution is -2.19. The number of rotatable bonds is 4. The molecule has 0 saturated carbocycles. The van der Waals surface area contributed by atoms with E-state index in [1.807, 2.05) is 0 Å². The highest BCUT2D eigenvalue weighted by molar-refractivity contribution is 6.31. The minimum atomic E-state index is -4.63. The van der Waals surface area contributed by atoms with Gasteiger partial charge in [-0.3, -0.25) is 0 Å². The fraction of sp³-hybridized carbons (Fsp3) is 0.0500. The molecule has 3 aromatic rings. The molecule has 0 aliphatic rings. The second-order valence-corrected chi connectivity index (χ2v) is 6.27. The monoisotopic (exact) mass is 422 g/mol. The standard InChI is InChI=1S/C20H14ClF3N2O3/c21-16-10-7-13(11-15(16)20(22,23)24)26-19(28)25-12-5-8-14(9-6-12)29-18-4-2-1-3-17(18)27/h1-11,27H,(H2,25,26,28). The number of carbonyl (C=O) groups is 1. The molecule has 0 aliphatic heterocycles. The van der Waals surface area contributed by atoms with Gasteiger partial charge in [0.15, 0.2) is 11.5 Å². The number of nitrogens with one attached hydrogen (secondary N) is 2. The molecule has 9 heteroatoms. The average molecular weight is 423 g/mol. The van der Waals surface area contributed by atoms with Gasteiger partial charge in [0.1, 0.15) is 5.75 Å². The number of urea groups is 1. The van der Waals surface area contributed by atoms with Gasteiger partial charge in [0.05, 0.1) is 10.6 Å². The molecule has 3 N–H and O–H groups in total. The molecule has 3 rings (SSSR count). The molecule has 2 amide bonds. The molecule has 0 spiro atoms. The van der Waals surface area contributed by atoms with Crippen molar-refractivity contribution in [3.8, 4) is 17.2 Å². The van der Waals surface area contributed by atoms with Crippen LogP contribution in [0.3, 0.4) is 0 Å². The number of hydrogen-bond donors (Lipinski definition) is 3. The number of aromatic hydroxyl groups is 1. The van der Waals surface area contributed by atoms with Crippen LogP contribution in [0.1, 0.15) is 5.56 Å². The van der Waals surface area contributed by atoms with E-state index in [9.17, 15) is 23.1 Å². The van der Waals surface area contributed by atoms with Crippen molar-refractivity contribution in [2.75, 3.05) is 10.6 Å². The van der Waals surface area contributed by atoms with Crippen LogP contribution in [0.2, 0.25) is 5.02 Å². The largest absolute Gasteiger partial charge is 0.504 e. The third kappa shape index (κ3) is 5.32. The fourth-order valence-corrected chi connectivity index (χ4v) is 2.62. The number of ether oxygens (including phenoxy) is 1. The van der Waals surface area contributed by atoms with E-state index in [4.69, 9.17) is 16.3 Å². The molecule has 0 saturated heterocycles. The van der Waals surface area contributed by atoms with E-state index in [-0.39, 0.29) is 17.2 Å². The average Bonchev–Trinajstić information content (AvgIpc) is 2.66. The smallest absolute Gasteiger partial charge is 0.417 e. The van der Waals surface area contributed by atoms with Crippen LogP contribution in [0.5, 0.6) is 17.2 Å². The second kappa shape index (κ2) is 8.32. The van der Waals surface area contributed by atoms with Crippen molar-refractivity contribution < 1.29 is 27.8 Å². The highest BCUT2D eigenvalue weighted by Crippen LogP contribution is 2.36. The molecule has 0 radical (unpaired) electrons. The molecule has 3 aromatic carbocycles. The number of carbonyl (C=O) groups excluding carboxylic acids is 1. The minimum Gasteiger partial charge on any atom is -0.504 e. The van der Waals surface area contributed by atoms with Crippen LogP contribution < -0.4 is 15.4 Å². The number of halogens is 4. The van der Waals surface area contributed by atoms with Gasteiger partial charge in [0.2, 0.25) is 0 Å². The Morgan fingerprint density at radius 2 is 1.55 bits per heavy atom. The van der Waals surface area contributed by atoms with E-state index in [2.05, 4.69) is 10.6 Å². The Morgan fingerprint density at radius 1 is 0.931 bits per heavy atom. The van der Waals surface area contributed by atoms with Gasteiger partial charge in [-0.15, -0.1) is 0 Å². The second-order valence-electron chi connectivity index (χ2n) is 5.87. The maximum absolute atomic E-state index is 12.9. The van der Waals surface area contributed by atoms with Crippen LogP contribution in [0.15, 0.2) is 66.7 Å². The Labute approximate surface area is 168 Å². The summed E-state index contributed by atoms with van der Waals surface area (Å²) >= 11 is 5.55. The summed E-state index contributed by atoms with van der Waals surface area (Å²) in [6.07, 6.45) is -4.63. The highest BCUT2D eigenvalue weighted by Gasteiger charge is 2.33. The Kier molecular flexibility index (Phi) is 5.84. The van der Waals surface area contributed by atoms with Gasteiger partial charge >= 0.3 is 12.2 Å². The molecule has 29 heavy (non-hydrogen) atoms. The van der Waals surface area contributed by atoms with Crippen molar-refractivity contribution >= 4 is 29.0 Å². The Bertz CT molecular complexity index is 1020. The van der Waals surface area contributed by atoms with Gasteiger partial charge in [-0.2, -0.15) is 13.2 Å². The highest BCUT2D eigenvalue weighted by atomic mass is 35.5. The number of para-hydroxylation sites is 2. The van der Waals surface area contributed by atoms with Crippen LogP contribution >= 0.6 is 11.6 Å². The summed E-state index contributed by atoms with van der Waals surface area (Å²) in [6.45, 7) is 0. The lowest BCUT2D eigenvalue weighted by atomic mass is 10.2. The normalized spacial score (nSPS) is 11.0. The molecule has 0 heterocycles. The van der Waals surface area contributed by atoms with Gasteiger partial charge in [-0.1, -0.05) is 23.7 Å². The van der Waals surface area contributed by atoms with Crippen molar-refractivity contribution in [3.63, 3.8) is 0 Å². The zero-order chi connectivity index (χ0) is 21.0. The molecule has 150 valence electrons. The van der Waals surface area contributed by atoms with E-state index < -0.39 is 22.8 Å². The lowest BCUT2D eigenvalue weighted by Gasteiger charge is -2.12. The van der Waals surface area contributed by atoms with Crippen molar-refractivity contribution in [1.29, 1.82) is 0 Å². The lowest BCUT2D eigenvalue weighted by molar-refractivity contribution is -0.137. The molecule has 0 atom stereocenters. The summed E-state index contributed by atoms with van der Waals surface area (Å²) < 4.78 is 44.2. The van der Waals surface area contributed by atoms with Crippen molar-refractivity contribution in [1.82, 2.24) is 0 Å². The minimum absolute atomic E-state index is 0.0183. The fourth-order valence-electron chi connectivity index (χ4n) is 2.39. The van der Waals surface area contributed by atoms with Crippen molar-refractivity contribution in [2.24, 2.45) is 0 Å². The quantitative estimate of drug-likeness (QED) is 0.449. The first-order valence-electron chi connectivity index (χ1n) is 8.23. The number of anilines is 2. The number of phenolic OH excluding ortho intramolecular Hbond substituents is 1. The summed E-state index contributed by atoms with van der Waals surface area (Å²) in [6, 6.07) is 15.0. The predicted molar refractivity (Wildman–Crippen MR) is 104 cm³/mol. The number of benzene rings is 3. The molecule has 0 bridgehead atoms. The van der Waals surface area contributed by atoms with Crippen LogP contribution in [0.4, 0.5) is 29.3 Å². The molecule has 5 nitrogen and oxygen atoms in total. The van der Waals surface area contributed by atoms with Crippen LogP contribution in [0, 0.1) is 0 Å². The van der Waals surface area contributed by atoms with Crippen LogP contribution in [0.25, 0.3) is 0 Å². The maximum Gasteiger partial charge on any atom is 0.417 e. The summed E-state index contributed by atoms with van der Waals surface area (Å²) in [4.78, 5) is 12.0. The topological polar surface area (TPSA) is 70.6 Å². The van der Waals surface area contributed by atoms with Crippen molar-refractivity contribution in [3.05, 3.63) is 77.3 Å². The SMILES string of the molecule is O=C(Nc1ccc(Oc2ccccc2O)cc1)Nc1ccc(Cl)c(C(F)(F)F)c1. The first kappa shape index (κ1) is 20.3. The number of amides is 2. The first-order chi connectivity index (χ1) is 13.7. The molecule has 0 fully saturated rings. The summed E-state index contributed by atoms with van der Waals surface area (Å²) in [5, 5.41) is 14.1. The molecule has 0 aromatic heterocycles. The van der Waals surface area contributed by atoms with E-state index in [0.29, 0.717) is 11.4 Å². The van der Waals surface area contributed by atoms with E-state index >= 15 is 0 Å². The predicted octanol–water partition coefficient (Wildman–Crippen LogP) is 6.50. The first-order valence-corrected chi connectivity index (χ1v) is 8.61. The third-order valence-corrected chi connectivity index (χ3v) is 4.06. The summed E-state index contributed by atoms with van der Waals surface area (Å²) in [5.41, 5.74) is -0.710. The number of phenols is 1. The van der Waals surface area contributed by atoms with Crippen LogP contribution in [-0.4, -0.2) is 11.1 Å². The molecular weight excluding hydrogens is 409 g/mol. The summed E-state index contributed by atoms with van der Waals surface area (Å²) in [7, 11) is 0. The molecule has 0 unspecified atom stereocenters. The molecule has 0 aliphatic carbocycles. The van der Waals surface area contributed by atoms with E-state index in [0.717, 1.165) is 12.1 Å². The summed E-state index contributed by atoms with van der Waals surface area (Å²) in [5.74, 6) is 0.675. The molecular formula is C20H14ClF3N2O3. The maximum atomic E-state index is 12.9. The Hall–Kier alpha value is -3.39. The van der Waals surface area contributed by atoms with E-state index in [1.54, 1.807) is 30.3 Å². The number of alkyl halides is 3. The third-order valence-electron chi connectivity index (χ3n) is 3.73. The zero-order valence-electron chi connectivity index (χ0n) is 14.6. The number of hydrogen-bond acceptors (Lipinski definition) is 3. The van der Waals surface area contributed by atoms with Gasteiger partial charge < -0.3 is 20.5 Å². The van der Waals surface area contributed by atoms with E-state index in [1.165, 1.54) is 24.3 Å². The van der Waals surface area contributed by atoms with Crippen molar-refractivity contribution in [2.45, 2.75) is 6.18 Å². The van der Waals surface area contributed by atoms with Crippen LogP contribution in [-0.2, 0) is 6.18 Å². The van der Waals surface area contributed by atoms with Gasteiger partial charge in [-0.05, 0) is 54.6 Å². The Morgan fingerprint density at radius 3 is 2.21 bits per heavy atom. The van der Waals surface area contributed by atoms with Gasteiger partial charge in [-0.25, -0.2) is 4.79 Å². The van der Waals surface area contributed by atoms with Gasteiger partial charge in [0, 0.05) is 11.4 Å². The zero-order valence-corrected chi connectivity index (χ0v) is 15.4. The Balaban J connectivity index is 1.63.